The maximum Gasteiger partial charge on any atom is 0.417 e. The Bertz CT molecular complexity index is 4960. The van der Waals surface area contributed by atoms with Crippen LogP contribution in [0.15, 0.2) is 182 Å². The molecule has 20 nitrogen and oxygen atoms in total. The number of halogens is 11. The molecule has 0 aliphatic carbocycles. The average molecular weight is 2550 g/mol. The predicted octanol–water partition coefficient (Wildman–Crippen LogP) is 21.4. The number of carboxylic acids is 1. The number of phenols is 1. The van der Waals surface area contributed by atoms with Gasteiger partial charge in [0.05, 0.1) is 108 Å². The van der Waals surface area contributed by atoms with Crippen molar-refractivity contribution in [3.05, 3.63) is 292 Å². The number of aromatic carboxylic acids is 1. The smallest absolute Gasteiger partial charge is 0.417 e. The van der Waals surface area contributed by atoms with E-state index in [1.165, 1.54) is 81.8 Å². The van der Waals surface area contributed by atoms with Gasteiger partial charge in [-0.2, -0.15) is 44.5 Å². The molecule has 0 atom stereocenters. The number of hydrogen-bond donors (Lipinski definition) is 4. The number of carbonyl (C=O) groups excluding carboxylic acids is 5. The molecule has 2 heterocycles. The standard InChI is InChI=1S/C16H11ClF3NO2.C15H9ClF3NO2.C10H11BrO3.C10H12O3.C9H10O3.C9H10O2.C9H12O.C6H5ClN.CH4.BrH2N.3Cf/c1-23-13-4-2-3-9-8-21(15(22)14(9)13)10-5-6-12(17)11(7-10)16(18,19)20;16-11-5-4-9(6-10(11)15(17,18)19)20-7-8-2-1-3-12(21)13(8)14(20)22;1-13-8-5-3-4-7(6-11)9(8)10(12)14-2;1-7-5-4-6-8(12-2)9(7)10(11)13-3;1-6-4-3-5-7(12-2)8(6)9(10)11;1-7-4-3-5-9(11-2)8(7)6-10;1-7-5-4-6-9(10-3)8(7)2;7-5-1-3-6(8)4-2-5;;1-2;;;/h2-7H,8H2,1H3;1-6,21H,7H2;3-5H,6H2,1-2H3;4-6H,1-3H3;3-5H,1-2H3,(H,10,11);3-6H,1-2H3;4-6H,1-3H3;1,3-4H,8H2;1H4;2H2;;;/q;;;;;;;-1;;;;;. The average Bonchev–Trinajstić information content (AvgIpc) is 1.63. The maximum absolute atomic E-state index is 13.0. The van der Waals surface area contributed by atoms with Crippen LogP contribution >= 0.6 is 66.9 Å². The Kier molecular flexibility index (Phi) is 43.8. The van der Waals surface area contributed by atoms with Crippen LogP contribution in [-0.4, -0.2) is 103 Å². The molecule has 10 aromatic rings. The number of alkyl halides is 7. The second-order valence-corrected chi connectivity index (χ2v) is 25.6. The van der Waals surface area contributed by atoms with Crippen LogP contribution in [0.5, 0.6) is 40.2 Å². The van der Waals surface area contributed by atoms with Crippen molar-refractivity contribution in [3.63, 3.8) is 0 Å². The number of ether oxygens (including phenoxy) is 8. The zero-order valence-electron chi connectivity index (χ0n) is 65.3. The molecule has 0 saturated carbocycles. The summed E-state index contributed by atoms with van der Waals surface area (Å²) >= 11 is 22.4. The van der Waals surface area contributed by atoms with Crippen molar-refractivity contribution < 1.29 is 103 Å². The van der Waals surface area contributed by atoms with Gasteiger partial charge in [0.2, 0.25) is 0 Å². The van der Waals surface area contributed by atoms with Gasteiger partial charge in [0, 0.05) is 32.9 Å². The molecule has 0 unspecified atom stereocenters. The molecule has 0 spiro atoms. The van der Waals surface area contributed by atoms with Crippen LogP contribution in [0.1, 0.15) is 125 Å². The first-order valence-corrected chi connectivity index (χ1v) is 36.8. The monoisotopic (exact) mass is 2540 g/mol. The Morgan fingerprint density at radius 2 is 0.882 bits per heavy atom. The summed E-state index contributed by atoms with van der Waals surface area (Å²) in [5.41, 5.74) is 13.8. The Labute approximate surface area is 701 Å². The number of nitrogen functional groups attached to an aromatic ring is 1. The van der Waals surface area contributed by atoms with Gasteiger partial charge in [-0.15, -0.1) is 17.7 Å². The Morgan fingerprint density at radius 1 is 0.504 bits per heavy atom. The van der Waals surface area contributed by atoms with Crippen LogP contribution in [-0.2, 0) is 40.2 Å². The van der Waals surface area contributed by atoms with E-state index in [9.17, 15) is 60.2 Å². The van der Waals surface area contributed by atoms with E-state index in [0.29, 0.717) is 83.7 Å². The van der Waals surface area contributed by atoms with Crippen molar-refractivity contribution in [2.45, 2.75) is 72.8 Å². The molecule has 6 N–H and O–H groups in total. The van der Waals surface area contributed by atoms with Crippen LogP contribution in [0.3, 0.4) is 0 Å². The number of anilines is 3. The number of carbonyl (C=O) groups is 6. The van der Waals surface area contributed by atoms with Crippen LogP contribution in [0.4, 0.5) is 43.4 Å². The second-order valence-electron chi connectivity index (χ2n) is 23.8. The molecule has 2 aliphatic heterocycles. The van der Waals surface area contributed by atoms with Crippen molar-refractivity contribution in [3.8, 4) is 40.2 Å². The summed E-state index contributed by atoms with van der Waals surface area (Å²) in [6.45, 7) is 9.89. The third-order valence-corrected chi connectivity index (χ3v) is 18.2. The number of phenolic OH excluding ortho intramolecular Hbond substituents is 1. The number of fused-ring (bicyclic) bond motifs is 2. The topological polar surface area (TPSA) is 275 Å². The molecule has 10 aromatic carbocycles. The van der Waals surface area contributed by atoms with E-state index < -0.39 is 51.3 Å². The number of esters is 2. The first-order valence-electron chi connectivity index (χ1n) is 33.6. The predicted molar refractivity (Wildman–Crippen MR) is 446 cm³/mol. The van der Waals surface area contributed by atoms with E-state index >= 15 is 0 Å². The Morgan fingerprint density at radius 3 is 1.27 bits per heavy atom. The number of methoxy groups -OCH3 is 8. The molecule has 119 heavy (non-hydrogen) atoms. The molecule has 34 heteroatoms. The van der Waals surface area contributed by atoms with Crippen LogP contribution in [0.2, 0.25) is 15.1 Å². The zero-order valence-corrected chi connectivity index (χ0v) is 78.6. The van der Waals surface area contributed by atoms with Crippen LogP contribution < -0.4 is 48.7 Å². The zero-order chi connectivity index (χ0) is 86.2. The summed E-state index contributed by atoms with van der Waals surface area (Å²) in [5, 5.41) is 18.9. The molecular formula is C85H86Br2Cf3Cl3F6N4O16-. The van der Waals surface area contributed by atoms with Gasteiger partial charge in [-0.25, -0.2) is 14.4 Å². The number of rotatable bonds is 13. The fourth-order valence-electron chi connectivity index (χ4n) is 10.9. The van der Waals surface area contributed by atoms with Gasteiger partial charge < -0.3 is 63.6 Å². The Balaban J connectivity index is 0.00000136. The number of aryl methyl sites for hydroxylation is 4. The summed E-state index contributed by atoms with van der Waals surface area (Å²) in [5.74, 6) is 0.686. The molecule has 12 rings (SSSR count). The molecule has 0 saturated heterocycles. The minimum absolute atomic E-state index is 0. The van der Waals surface area contributed by atoms with Crippen molar-refractivity contribution in [1.82, 2.24) is 0 Å². The van der Waals surface area contributed by atoms with Crippen LogP contribution in [0.25, 0.3) is 0 Å². The van der Waals surface area contributed by atoms with Gasteiger partial charge in [0.15, 0.2) is 6.29 Å². The van der Waals surface area contributed by atoms with Gasteiger partial charge in [0.25, 0.3) is 11.8 Å². The molecule has 2 aliphatic rings. The summed E-state index contributed by atoms with van der Waals surface area (Å²) in [6, 6.07) is 51.8. The van der Waals surface area contributed by atoms with Crippen LogP contribution in [0, 0.1) is 40.7 Å². The summed E-state index contributed by atoms with van der Waals surface area (Å²) in [6.07, 6.45) is -8.38. The molecule has 2 amide bonds. The largest absolute Gasteiger partial charge is 0.507 e. The van der Waals surface area contributed by atoms with E-state index in [0.717, 1.165) is 53.0 Å². The van der Waals surface area contributed by atoms with Gasteiger partial charge in [-0.1, -0.05) is 142 Å². The molecule has 0 aromatic heterocycles. The second kappa shape index (κ2) is 49.7. The normalized spacial score (nSPS) is 10.8. The number of amides is 2. The van der Waals surface area contributed by atoms with E-state index in [1.807, 2.05) is 62.4 Å². The number of benzene rings is 10. The van der Waals surface area contributed by atoms with E-state index in [2.05, 4.69) is 72.3 Å². The van der Waals surface area contributed by atoms with Gasteiger partial charge in [-0.3, -0.25) is 19.1 Å². The van der Waals surface area contributed by atoms with E-state index in [4.69, 9.17) is 74.1 Å². The fourth-order valence-corrected chi connectivity index (χ4v) is 11.9. The van der Waals surface area contributed by atoms with Gasteiger partial charge in [-0.05, 0) is 158 Å². The van der Waals surface area contributed by atoms with Crippen molar-refractivity contribution in [2.24, 2.45) is 4.76 Å². The number of nitrogens with zero attached hydrogens (tertiary/aromatic N) is 2. The number of nitrogens with two attached hydrogens (primary N) is 2. The quantitative estimate of drug-likeness (QED) is 0.0159. The molecule has 650 valence electrons. The first kappa shape index (κ1) is 105. The molecule has 0 fully saturated rings. The maximum atomic E-state index is 13.0. The number of aldehydes is 1. The summed E-state index contributed by atoms with van der Waals surface area (Å²) in [4.78, 5) is 71.3. The van der Waals surface area contributed by atoms with E-state index in [1.54, 1.807) is 106 Å². The third kappa shape index (κ3) is 28.2. The summed E-state index contributed by atoms with van der Waals surface area (Å²) < 4.78 is 122. The SMILES string of the molecule is C.COC(=O)c1c(C)cccc1OC.COC(=O)c1c(CBr)cccc1OC.COc1cccc(C)c1C.COc1cccc(C)c1C(=O)O.COc1cccc(C)c1C=O.COc1cccc2c1C(=O)N(c1ccc(Cl)c(C(F)(F)F)c1)C2.NBr.Nc1c[c-]c(Cl)cc1.O=C1c2c(O)cccc2CN1c1ccc(Cl)c(C(F)(F)F)c1.[Cf].[Cf].[Cf]. The first-order chi connectivity index (χ1) is 54.5. The Hall–Kier alpha value is -14.0. The minimum Gasteiger partial charge on any atom is -0.507 e. The van der Waals surface area contributed by atoms with Crippen molar-refractivity contribution in [2.75, 3.05) is 72.4 Å². The molecular weight excluding hydrogens is 2470 g/mol. The van der Waals surface area contributed by atoms with Crippen molar-refractivity contribution in [1.29, 1.82) is 0 Å². The minimum atomic E-state index is -4.61. The van der Waals surface area contributed by atoms with Gasteiger partial charge in [0.1, 0.15) is 56.9 Å². The number of hydrogen-bond acceptors (Lipinski definition) is 17. The summed E-state index contributed by atoms with van der Waals surface area (Å²) in [7, 11) is 11.9. The number of aromatic hydroxyl groups is 1. The molecule has 0 radical (unpaired) electrons. The molecule has 0 bridgehead atoms. The van der Waals surface area contributed by atoms with Gasteiger partial charge >= 0.3 is 30.3 Å². The fraction of sp³-hybridized carbons (Fsp3) is 0.224. The van der Waals surface area contributed by atoms with Crippen molar-refractivity contribution >= 4 is 120 Å². The number of carboxylic acid groups (broad SMARTS) is 1. The van der Waals surface area contributed by atoms with E-state index in [-0.39, 0.29) is 60.7 Å². The third-order valence-electron chi connectivity index (χ3n) is 16.7.